The first-order valence-corrected chi connectivity index (χ1v) is 9.70. The van der Waals surface area contributed by atoms with E-state index in [-0.39, 0.29) is 65.4 Å². The molecule has 2 bridgehead atoms. The Hall–Kier alpha value is -1.65. The van der Waals surface area contributed by atoms with Crippen LogP contribution in [0.1, 0.15) is 26.2 Å². The first-order valence-electron chi connectivity index (χ1n) is 9.70. The highest BCUT2D eigenvalue weighted by Gasteiger charge is 2.58. The molecule has 1 saturated carbocycles. The first-order chi connectivity index (χ1) is 13.1. The van der Waals surface area contributed by atoms with Gasteiger partial charge in [0.1, 0.15) is 0 Å². The van der Waals surface area contributed by atoms with E-state index in [1.54, 1.807) is 14.0 Å². The van der Waals surface area contributed by atoms with Crippen LogP contribution in [0.3, 0.4) is 0 Å². The van der Waals surface area contributed by atoms with Gasteiger partial charge in [-0.25, -0.2) is 0 Å². The normalized spacial score (nSPS) is 27.6. The number of halogens is 1. The quantitative estimate of drug-likeness (QED) is 0.0971. The summed E-state index contributed by atoms with van der Waals surface area (Å²) in [7, 11) is 1.65. The van der Waals surface area contributed by atoms with Gasteiger partial charge < -0.3 is 15.4 Å². The highest BCUT2D eigenvalue weighted by atomic mass is 127. The molecular weight excluding hydrogens is 475 g/mol. The van der Waals surface area contributed by atoms with Crippen molar-refractivity contribution >= 4 is 47.7 Å². The summed E-state index contributed by atoms with van der Waals surface area (Å²) < 4.78 is 4.88. The summed E-state index contributed by atoms with van der Waals surface area (Å²) in [5, 5.41) is 6.23. The number of carbonyl (C=O) groups is 3. The summed E-state index contributed by atoms with van der Waals surface area (Å²) >= 11 is 0. The van der Waals surface area contributed by atoms with E-state index < -0.39 is 0 Å². The number of allylic oxidation sites excluding steroid dienone is 2. The monoisotopic (exact) mass is 504 g/mol. The summed E-state index contributed by atoms with van der Waals surface area (Å²) in [6, 6.07) is 0. The SMILES string of the molecule is CCOC(=O)CCCNC(=NC)NCCN1C(=O)C2C3C=CC(C3)C2C1=O.I. The van der Waals surface area contributed by atoms with Crippen LogP contribution in [0, 0.1) is 23.7 Å². The van der Waals surface area contributed by atoms with Crippen molar-refractivity contribution in [1.82, 2.24) is 15.5 Å². The van der Waals surface area contributed by atoms with E-state index in [9.17, 15) is 14.4 Å². The fourth-order valence-electron chi connectivity index (χ4n) is 4.36. The highest BCUT2D eigenvalue weighted by molar-refractivity contribution is 14.0. The molecule has 3 aliphatic rings. The number of nitrogens with zero attached hydrogens (tertiary/aromatic N) is 2. The van der Waals surface area contributed by atoms with Gasteiger partial charge in [-0.05, 0) is 31.6 Å². The van der Waals surface area contributed by atoms with Crippen molar-refractivity contribution in [3.63, 3.8) is 0 Å². The average molecular weight is 504 g/mol. The van der Waals surface area contributed by atoms with Crippen molar-refractivity contribution in [2.24, 2.45) is 28.7 Å². The van der Waals surface area contributed by atoms with Gasteiger partial charge in [0, 0.05) is 33.1 Å². The van der Waals surface area contributed by atoms with Crippen molar-refractivity contribution in [1.29, 1.82) is 0 Å². The summed E-state index contributed by atoms with van der Waals surface area (Å²) in [4.78, 5) is 42.0. The number of aliphatic imine (C=N–C) groups is 1. The van der Waals surface area contributed by atoms with E-state index in [0.29, 0.717) is 45.0 Å². The van der Waals surface area contributed by atoms with E-state index >= 15 is 0 Å². The molecule has 8 nitrogen and oxygen atoms in total. The Morgan fingerprint density at radius 2 is 1.79 bits per heavy atom. The fraction of sp³-hybridized carbons (Fsp3) is 0.684. The second-order valence-electron chi connectivity index (χ2n) is 7.16. The lowest BCUT2D eigenvalue weighted by molar-refractivity contribution is -0.143. The number of amides is 2. The topological polar surface area (TPSA) is 100 Å². The van der Waals surface area contributed by atoms with Gasteiger partial charge in [0.05, 0.1) is 18.4 Å². The van der Waals surface area contributed by atoms with Gasteiger partial charge in [0.2, 0.25) is 11.8 Å². The number of guanidine groups is 1. The van der Waals surface area contributed by atoms with E-state index in [1.165, 1.54) is 4.90 Å². The molecule has 4 atom stereocenters. The molecule has 1 saturated heterocycles. The number of rotatable bonds is 8. The lowest BCUT2D eigenvalue weighted by Gasteiger charge is -2.18. The fourth-order valence-corrected chi connectivity index (χ4v) is 4.36. The molecule has 28 heavy (non-hydrogen) atoms. The summed E-state index contributed by atoms with van der Waals surface area (Å²) in [6.07, 6.45) is 6.14. The molecule has 4 unspecified atom stereocenters. The first kappa shape index (κ1) is 22.6. The molecule has 2 fully saturated rings. The number of hydrogen-bond acceptors (Lipinski definition) is 5. The minimum absolute atomic E-state index is 0. The van der Waals surface area contributed by atoms with Gasteiger partial charge in [0.25, 0.3) is 0 Å². The Kier molecular flexibility index (Phi) is 8.26. The van der Waals surface area contributed by atoms with Crippen LogP contribution in [0.15, 0.2) is 17.1 Å². The van der Waals surface area contributed by atoms with Crippen LogP contribution in [-0.4, -0.2) is 61.9 Å². The zero-order valence-electron chi connectivity index (χ0n) is 16.3. The summed E-state index contributed by atoms with van der Waals surface area (Å²) in [6.45, 7) is 3.54. The number of fused-ring (bicyclic) bond motifs is 5. The zero-order chi connectivity index (χ0) is 19.4. The van der Waals surface area contributed by atoms with E-state index in [2.05, 4.69) is 27.8 Å². The largest absolute Gasteiger partial charge is 0.466 e. The van der Waals surface area contributed by atoms with Gasteiger partial charge in [-0.15, -0.1) is 24.0 Å². The molecule has 156 valence electrons. The Balaban J connectivity index is 0.00000280. The van der Waals surface area contributed by atoms with Gasteiger partial charge in [-0.3, -0.25) is 24.3 Å². The second kappa shape index (κ2) is 10.2. The summed E-state index contributed by atoms with van der Waals surface area (Å²) in [5.41, 5.74) is 0. The van der Waals surface area contributed by atoms with Crippen molar-refractivity contribution < 1.29 is 19.1 Å². The maximum Gasteiger partial charge on any atom is 0.305 e. The van der Waals surface area contributed by atoms with Crippen LogP contribution < -0.4 is 10.6 Å². The number of ether oxygens (including phenoxy) is 1. The van der Waals surface area contributed by atoms with Crippen LogP contribution in [0.2, 0.25) is 0 Å². The van der Waals surface area contributed by atoms with Crippen molar-refractivity contribution in [2.45, 2.75) is 26.2 Å². The van der Waals surface area contributed by atoms with Gasteiger partial charge >= 0.3 is 5.97 Å². The van der Waals surface area contributed by atoms with Crippen LogP contribution >= 0.6 is 24.0 Å². The van der Waals surface area contributed by atoms with Crippen LogP contribution in [0.25, 0.3) is 0 Å². The third kappa shape index (κ3) is 4.66. The molecule has 9 heteroatoms. The third-order valence-corrected chi connectivity index (χ3v) is 5.57. The van der Waals surface area contributed by atoms with E-state index in [4.69, 9.17) is 4.74 Å². The predicted molar refractivity (Wildman–Crippen MR) is 115 cm³/mol. The molecule has 0 aromatic heterocycles. The molecule has 2 N–H and O–H groups in total. The van der Waals surface area contributed by atoms with Crippen molar-refractivity contribution in [3.8, 4) is 0 Å². The zero-order valence-corrected chi connectivity index (χ0v) is 18.7. The third-order valence-electron chi connectivity index (χ3n) is 5.57. The van der Waals surface area contributed by atoms with Crippen LogP contribution in [0.4, 0.5) is 0 Å². The molecule has 0 aromatic carbocycles. The van der Waals surface area contributed by atoms with Crippen molar-refractivity contribution in [3.05, 3.63) is 12.2 Å². The molecule has 1 heterocycles. The minimum atomic E-state index is -0.206. The predicted octanol–water partition coefficient (Wildman–Crippen LogP) is 0.920. The summed E-state index contributed by atoms with van der Waals surface area (Å²) in [5.74, 6) is 0.511. The lowest BCUT2D eigenvalue weighted by atomic mass is 9.85. The van der Waals surface area contributed by atoms with Crippen molar-refractivity contribution in [2.75, 3.05) is 33.3 Å². The van der Waals surface area contributed by atoms with E-state index in [1.807, 2.05) is 0 Å². The standard InChI is InChI=1S/C19H28N4O4.HI/c1-3-27-14(24)5-4-8-21-19(20-2)22-9-10-23-17(25)15-12-6-7-13(11-12)16(15)18(23)26;/h6-7,12-13,15-16H,3-5,8-11H2,1-2H3,(H2,20,21,22);1H. The maximum absolute atomic E-state index is 12.6. The molecule has 2 amide bonds. The minimum Gasteiger partial charge on any atom is -0.466 e. The number of hydrogen-bond donors (Lipinski definition) is 2. The number of esters is 1. The Morgan fingerprint density at radius 3 is 2.36 bits per heavy atom. The maximum atomic E-state index is 12.6. The number of nitrogens with one attached hydrogen (secondary N) is 2. The molecule has 0 aromatic rings. The van der Waals surface area contributed by atoms with Crippen LogP contribution in [0.5, 0.6) is 0 Å². The number of likely N-dealkylation sites (tertiary alicyclic amines) is 1. The molecule has 3 rings (SSSR count). The highest BCUT2D eigenvalue weighted by Crippen LogP contribution is 2.52. The Bertz CT molecular complexity index is 636. The number of imide groups is 1. The molecule has 0 radical (unpaired) electrons. The molecular formula is C19H29IN4O4. The average Bonchev–Trinajstić information content (AvgIpc) is 3.33. The van der Waals surface area contributed by atoms with Gasteiger partial charge in [0.15, 0.2) is 5.96 Å². The van der Waals surface area contributed by atoms with E-state index in [0.717, 1.165) is 6.42 Å². The molecule has 0 spiro atoms. The van der Waals surface area contributed by atoms with Gasteiger partial charge in [-0.1, -0.05) is 12.2 Å². The van der Waals surface area contributed by atoms with Gasteiger partial charge in [-0.2, -0.15) is 0 Å². The Morgan fingerprint density at radius 1 is 1.18 bits per heavy atom. The molecule has 1 aliphatic heterocycles. The number of carbonyl (C=O) groups excluding carboxylic acids is 3. The lowest BCUT2D eigenvalue weighted by Crippen LogP contribution is -2.44. The molecule has 2 aliphatic carbocycles. The smallest absolute Gasteiger partial charge is 0.305 e. The Labute approximate surface area is 182 Å². The van der Waals surface area contributed by atoms with Crippen LogP contribution in [-0.2, 0) is 19.1 Å². The second-order valence-corrected chi connectivity index (χ2v) is 7.16.